The Kier molecular flexibility index (Phi) is 3.35. The van der Waals surface area contributed by atoms with E-state index in [-0.39, 0.29) is 5.92 Å². The molecule has 0 saturated heterocycles. The largest absolute Gasteiger partial charge is 0.383 e. The molecule has 1 atom stereocenters. The summed E-state index contributed by atoms with van der Waals surface area (Å²) in [7, 11) is 1.59. The van der Waals surface area contributed by atoms with Crippen molar-refractivity contribution in [3.05, 3.63) is 0 Å². The Morgan fingerprint density at radius 2 is 2.43 bits per heavy atom. The Hall–Kier alpha value is -0.550. The Bertz CT molecular complexity index is 74.6. The number of hydrogen-bond donors (Lipinski definition) is 0. The van der Waals surface area contributed by atoms with Crippen LogP contribution in [0.2, 0.25) is 0 Å². The summed E-state index contributed by atoms with van der Waals surface area (Å²) in [6.07, 6.45) is 0. The maximum atomic E-state index is 8.14. The van der Waals surface area contributed by atoms with Gasteiger partial charge in [0.15, 0.2) is 0 Å². The molecule has 0 heterocycles. The van der Waals surface area contributed by atoms with Crippen LogP contribution < -0.4 is 0 Å². The minimum atomic E-state index is 0.0324. The van der Waals surface area contributed by atoms with E-state index in [0.29, 0.717) is 6.61 Å². The number of ether oxygens (including phenoxy) is 1. The summed E-state index contributed by atoms with van der Waals surface area (Å²) in [6.45, 7) is 2.36. The van der Waals surface area contributed by atoms with E-state index in [2.05, 4.69) is 4.74 Å². The van der Waals surface area contributed by atoms with Gasteiger partial charge >= 0.3 is 0 Å². The van der Waals surface area contributed by atoms with Gasteiger partial charge in [-0.15, -0.1) is 0 Å². The minimum absolute atomic E-state index is 0.0324. The average Bonchev–Trinajstić information content (AvgIpc) is 1.68. The van der Waals surface area contributed by atoms with Crippen molar-refractivity contribution in [2.45, 2.75) is 6.92 Å². The maximum absolute atomic E-state index is 8.14. The molecule has 0 aliphatic heterocycles. The highest BCUT2D eigenvalue weighted by Gasteiger charge is 1.93. The molecule has 0 radical (unpaired) electrons. The molecule has 2 nitrogen and oxygen atoms in total. The fourth-order valence-electron chi connectivity index (χ4n) is 0.287. The van der Waals surface area contributed by atoms with E-state index in [0.717, 1.165) is 0 Å². The normalized spacial score (nSPS) is 12.7. The van der Waals surface area contributed by atoms with Gasteiger partial charge in [-0.1, -0.05) is 0 Å². The monoisotopic (exact) mass is 99.1 g/mol. The molecule has 0 aliphatic rings. The lowest BCUT2D eigenvalue weighted by atomic mass is 10.2. The summed E-state index contributed by atoms with van der Waals surface area (Å²) in [5.74, 6) is 0.0324. The van der Waals surface area contributed by atoms with Crippen molar-refractivity contribution < 1.29 is 4.74 Å². The first-order valence-electron chi connectivity index (χ1n) is 2.19. The van der Waals surface area contributed by atoms with Crippen molar-refractivity contribution in [1.82, 2.24) is 0 Å². The van der Waals surface area contributed by atoms with Gasteiger partial charge in [-0.05, 0) is 6.92 Å². The Balaban J connectivity index is 3.04. The molecule has 0 fully saturated rings. The molecule has 2 heteroatoms. The van der Waals surface area contributed by atoms with Crippen LogP contribution in [0.5, 0.6) is 0 Å². The van der Waals surface area contributed by atoms with E-state index in [4.69, 9.17) is 5.26 Å². The van der Waals surface area contributed by atoms with Crippen LogP contribution in [0.4, 0.5) is 0 Å². The van der Waals surface area contributed by atoms with Crippen molar-refractivity contribution in [2.75, 3.05) is 13.7 Å². The molecule has 0 amide bonds. The van der Waals surface area contributed by atoms with Gasteiger partial charge in [0.1, 0.15) is 0 Å². The third-order valence-corrected chi connectivity index (χ3v) is 0.637. The number of nitriles is 1. The van der Waals surface area contributed by atoms with Crippen molar-refractivity contribution in [2.24, 2.45) is 5.92 Å². The van der Waals surface area contributed by atoms with E-state index < -0.39 is 0 Å². The Labute approximate surface area is 43.7 Å². The Morgan fingerprint density at radius 3 is 2.57 bits per heavy atom. The predicted molar refractivity (Wildman–Crippen MR) is 26.7 cm³/mol. The molecule has 0 aromatic heterocycles. The van der Waals surface area contributed by atoms with Crippen LogP contribution >= 0.6 is 0 Å². The summed E-state index contributed by atoms with van der Waals surface area (Å²) in [4.78, 5) is 0. The van der Waals surface area contributed by atoms with E-state index in [1.54, 1.807) is 7.11 Å². The number of rotatable bonds is 2. The zero-order chi connectivity index (χ0) is 5.70. The highest BCUT2D eigenvalue weighted by molar-refractivity contribution is 4.77. The number of nitrogens with zero attached hydrogens (tertiary/aromatic N) is 1. The van der Waals surface area contributed by atoms with Crippen LogP contribution in [0.1, 0.15) is 6.92 Å². The first kappa shape index (κ1) is 6.45. The topological polar surface area (TPSA) is 33.0 Å². The van der Waals surface area contributed by atoms with Gasteiger partial charge in [0.05, 0.1) is 18.6 Å². The number of methoxy groups -OCH3 is 1. The molecule has 0 spiro atoms. The lowest BCUT2D eigenvalue weighted by Crippen LogP contribution is -1.98. The van der Waals surface area contributed by atoms with Crippen molar-refractivity contribution in [3.8, 4) is 6.07 Å². The predicted octanol–water partition coefficient (Wildman–Crippen LogP) is 0.792. The molecule has 0 rings (SSSR count). The third-order valence-electron chi connectivity index (χ3n) is 0.637. The maximum Gasteiger partial charge on any atom is 0.0677 e. The molecule has 0 aromatic carbocycles. The van der Waals surface area contributed by atoms with E-state index in [1.165, 1.54) is 0 Å². The van der Waals surface area contributed by atoms with E-state index in [9.17, 15) is 0 Å². The van der Waals surface area contributed by atoms with Crippen LogP contribution in [0.15, 0.2) is 0 Å². The molecular weight excluding hydrogens is 90.1 g/mol. The summed E-state index contributed by atoms with van der Waals surface area (Å²) in [5.41, 5.74) is 0. The van der Waals surface area contributed by atoms with Crippen LogP contribution in [0.3, 0.4) is 0 Å². The highest BCUT2D eigenvalue weighted by Crippen LogP contribution is 1.88. The molecule has 1 unspecified atom stereocenters. The van der Waals surface area contributed by atoms with Crippen molar-refractivity contribution in [3.63, 3.8) is 0 Å². The molecule has 0 saturated carbocycles. The second kappa shape index (κ2) is 3.63. The van der Waals surface area contributed by atoms with E-state index >= 15 is 0 Å². The molecule has 0 aliphatic carbocycles. The molecular formula is C5H9NO. The van der Waals surface area contributed by atoms with Gasteiger partial charge in [-0.25, -0.2) is 0 Å². The van der Waals surface area contributed by atoms with Crippen LogP contribution in [0, 0.1) is 17.2 Å². The summed E-state index contributed by atoms with van der Waals surface area (Å²) in [5, 5.41) is 8.14. The highest BCUT2D eigenvalue weighted by atomic mass is 16.5. The second-order valence-electron chi connectivity index (χ2n) is 1.49. The van der Waals surface area contributed by atoms with Gasteiger partial charge in [-0.3, -0.25) is 0 Å². The third kappa shape index (κ3) is 3.28. The van der Waals surface area contributed by atoms with Crippen molar-refractivity contribution >= 4 is 0 Å². The lowest BCUT2D eigenvalue weighted by Gasteiger charge is -1.95. The molecule has 40 valence electrons. The van der Waals surface area contributed by atoms with Crippen LogP contribution in [-0.4, -0.2) is 13.7 Å². The fourth-order valence-corrected chi connectivity index (χ4v) is 0.287. The first-order chi connectivity index (χ1) is 3.31. The molecule has 0 bridgehead atoms. The van der Waals surface area contributed by atoms with E-state index in [1.807, 2.05) is 13.0 Å². The van der Waals surface area contributed by atoms with Gasteiger partial charge in [0, 0.05) is 7.11 Å². The first-order valence-corrected chi connectivity index (χ1v) is 2.19. The summed E-state index contributed by atoms with van der Waals surface area (Å²) < 4.78 is 4.67. The van der Waals surface area contributed by atoms with Gasteiger partial charge in [0.2, 0.25) is 0 Å². The standard InChI is InChI=1S/C5H9NO/c1-5(3-6)4-7-2/h5H,4H2,1-2H3. The van der Waals surface area contributed by atoms with Gasteiger partial charge in [-0.2, -0.15) is 5.26 Å². The lowest BCUT2D eigenvalue weighted by molar-refractivity contribution is 0.178. The minimum Gasteiger partial charge on any atom is -0.383 e. The van der Waals surface area contributed by atoms with Gasteiger partial charge in [0.25, 0.3) is 0 Å². The zero-order valence-corrected chi connectivity index (χ0v) is 4.64. The SMILES string of the molecule is COCC(C)C#N. The van der Waals surface area contributed by atoms with Crippen LogP contribution in [-0.2, 0) is 4.74 Å². The quantitative estimate of drug-likeness (QED) is 0.512. The van der Waals surface area contributed by atoms with Crippen LogP contribution in [0.25, 0.3) is 0 Å². The summed E-state index contributed by atoms with van der Waals surface area (Å²) in [6, 6.07) is 2.04. The molecule has 7 heavy (non-hydrogen) atoms. The average molecular weight is 99.1 g/mol. The number of hydrogen-bond acceptors (Lipinski definition) is 2. The fraction of sp³-hybridized carbons (Fsp3) is 0.800. The Morgan fingerprint density at radius 1 is 1.86 bits per heavy atom. The second-order valence-corrected chi connectivity index (χ2v) is 1.49. The van der Waals surface area contributed by atoms with Gasteiger partial charge < -0.3 is 4.74 Å². The zero-order valence-electron chi connectivity index (χ0n) is 4.64. The molecule has 0 aromatic rings. The van der Waals surface area contributed by atoms with Crippen molar-refractivity contribution in [1.29, 1.82) is 5.26 Å². The molecule has 0 N–H and O–H groups in total. The smallest absolute Gasteiger partial charge is 0.0677 e. The summed E-state index contributed by atoms with van der Waals surface area (Å²) >= 11 is 0.